The van der Waals surface area contributed by atoms with Gasteiger partial charge in [-0.05, 0) is 66.4 Å². The summed E-state index contributed by atoms with van der Waals surface area (Å²) in [5.41, 5.74) is 2.10. The first-order chi connectivity index (χ1) is 18.5. The van der Waals surface area contributed by atoms with Crippen molar-refractivity contribution in [2.24, 2.45) is 0 Å². The molecule has 1 heterocycles. The average Bonchev–Trinajstić information content (AvgIpc) is 3.51. The Bertz CT molecular complexity index is 1660. The molecule has 1 fully saturated rings. The number of aromatic nitrogens is 2. The molecule has 0 unspecified atom stereocenters. The van der Waals surface area contributed by atoms with E-state index in [1.54, 1.807) is 49.4 Å². The molecule has 0 amide bonds. The second kappa shape index (κ2) is 10.9. The smallest absolute Gasteiger partial charge is 0.259 e. The van der Waals surface area contributed by atoms with Crippen molar-refractivity contribution in [2.45, 2.75) is 42.9 Å². The number of rotatable bonds is 9. The van der Waals surface area contributed by atoms with Crippen LogP contribution in [-0.4, -0.2) is 30.1 Å². The Morgan fingerprint density at radius 1 is 0.897 bits per heavy atom. The lowest BCUT2D eigenvalue weighted by molar-refractivity contribution is -0.117. The molecule has 1 aliphatic carbocycles. The van der Waals surface area contributed by atoms with E-state index in [2.05, 4.69) is 10.1 Å². The van der Waals surface area contributed by atoms with E-state index in [0.29, 0.717) is 42.6 Å². The Hall–Kier alpha value is -2.42. The third-order valence-corrected chi connectivity index (χ3v) is 9.71. The van der Waals surface area contributed by atoms with Crippen molar-refractivity contribution in [1.29, 1.82) is 0 Å². The molecule has 6 nitrogen and oxygen atoms in total. The molecule has 5 rings (SSSR count). The summed E-state index contributed by atoms with van der Waals surface area (Å²) in [5, 5.41) is 5.95. The van der Waals surface area contributed by atoms with E-state index in [1.807, 2.05) is 0 Å². The normalized spacial score (nSPS) is 14.4. The highest BCUT2D eigenvalue weighted by Crippen LogP contribution is 2.56. The maximum absolute atomic E-state index is 12.8. The molecular weight excluding hydrogens is 602 g/mol. The highest BCUT2D eigenvalue weighted by molar-refractivity contribution is 7.91. The Balaban J connectivity index is 1.33. The molecule has 0 aliphatic heterocycles. The van der Waals surface area contributed by atoms with Gasteiger partial charge >= 0.3 is 0 Å². The van der Waals surface area contributed by atoms with Crippen LogP contribution in [0.4, 0.5) is 0 Å². The molecule has 4 aromatic rings. The SMILES string of the molecule is CCS(=O)(=O)c1ccc(CC(=O)Cc2cc(Cl)c(C3(c4noc(-c5ccc(Cl)cc5Cl)n4)CC3)c(Cl)c2)cc1. The monoisotopic (exact) mass is 622 g/mol. The number of carbonyl (C=O) groups excluding carboxylic acids is 1. The van der Waals surface area contributed by atoms with Gasteiger partial charge in [0.25, 0.3) is 5.89 Å². The fraction of sp³-hybridized carbons (Fsp3) is 0.250. The molecule has 39 heavy (non-hydrogen) atoms. The van der Waals surface area contributed by atoms with E-state index in [4.69, 9.17) is 50.9 Å². The number of benzene rings is 3. The number of hydrogen-bond acceptors (Lipinski definition) is 6. The van der Waals surface area contributed by atoms with Crippen LogP contribution in [0.2, 0.25) is 20.1 Å². The third kappa shape index (κ3) is 5.74. The predicted octanol–water partition coefficient (Wildman–Crippen LogP) is 7.58. The number of nitrogens with zero attached hydrogens (tertiary/aromatic N) is 2. The van der Waals surface area contributed by atoms with Crippen molar-refractivity contribution in [3.8, 4) is 11.5 Å². The van der Waals surface area contributed by atoms with Crippen molar-refractivity contribution < 1.29 is 17.7 Å². The Morgan fingerprint density at radius 2 is 1.54 bits per heavy atom. The van der Waals surface area contributed by atoms with Gasteiger partial charge < -0.3 is 4.52 Å². The van der Waals surface area contributed by atoms with Crippen LogP contribution in [-0.2, 0) is 32.9 Å². The van der Waals surface area contributed by atoms with E-state index >= 15 is 0 Å². The van der Waals surface area contributed by atoms with Gasteiger partial charge in [-0.3, -0.25) is 4.79 Å². The zero-order chi connectivity index (χ0) is 27.9. The topological polar surface area (TPSA) is 90.1 Å². The van der Waals surface area contributed by atoms with Crippen LogP contribution in [0.15, 0.2) is 64.0 Å². The average molecular weight is 624 g/mol. The molecule has 1 saturated carbocycles. The van der Waals surface area contributed by atoms with Crippen molar-refractivity contribution >= 4 is 62.0 Å². The second-order valence-corrected chi connectivity index (χ2v) is 13.4. The molecule has 202 valence electrons. The lowest BCUT2D eigenvalue weighted by Crippen LogP contribution is -2.13. The summed E-state index contributed by atoms with van der Waals surface area (Å²) in [5.74, 6) is 0.705. The molecule has 11 heteroatoms. The van der Waals surface area contributed by atoms with Gasteiger partial charge in [0.1, 0.15) is 5.78 Å². The quantitative estimate of drug-likeness (QED) is 0.191. The Kier molecular flexibility index (Phi) is 7.83. The minimum atomic E-state index is -3.29. The van der Waals surface area contributed by atoms with Crippen LogP contribution in [0, 0.1) is 0 Å². The molecule has 0 spiro atoms. The van der Waals surface area contributed by atoms with E-state index < -0.39 is 15.3 Å². The molecule has 0 bridgehead atoms. The molecule has 1 aromatic heterocycles. The van der Waals surface area contributed by atoms with Crippen LogP contribution in [0.25, 0.3) is 11.5 Å². The summed E-state index contributed by atoms with van der Waals surface area (Å²) in [6.45, 7) is 1.59. The van der Waals surface area contributed by atoms with E-state index in [1.165, 1.54) is 12.1 Å². The van der Waals surface area contributed by atoms with Crippen molar-refractivity contribution in [1.82, 2.24) is 10.1 Å². The number of carbonyl (C=O) groups is 1. The zero-order valence-corrected chi connectivity index (χ0v) is 24.5. The van der Waals surface area contributed by atoms with Crippen LogP contribution in [0.1, 0.15) is 42.3 Å². The molecule has 0 radical (unpaired) electrons. The summed E-state index contributed by atoms with van der Waals surface area (Å²) < 4.78 is 29.5. The molecule has 0 atom stereocenters. The summed E-state index contributed by atoms with van der Waals surface area (Å²) >= 11 is 25.7. The molecule has 0 saturated heterocycles. The van der Waals surface area contributed by atoms with E-state index in [-0.39, 0.29) is 35.2 Å². The third-order valence-electron chi connectivity index (χ3n) is 6.81. The first-order valence-electron chi connectivity index (χ1n) is 12.1. The fourth-order valence-electron chi connectivity index (χ4n) is 4.58. The van der Waals surface area contributed by atoms with Gasteiger partial charge in [0.15, 0.2) is 15.7 Å². The van der Waals surface area contributed by atoms with Crippen molar-refractivity contribution in [3.63, 3.8) is 0 Å². The van der Waals surface area contributed by atoms with Crippen LogP contribution < -0.4 is 0 Å². The Labute approximate surface area is 246 Å². The number of Topliss-reactive ketones (excluding diaryl/α,β-unsaturated/α-hetero) is 1. The standard InChI is InChI=1S/C28H22Cl4N2O4S/c1-2-39(36,37)20-6-3-16(4-7-20)11-19(35)12-17-13-23(31)25(24(32)14-17)28(9-10-28)27-33-26(38-34-27)21-8-5-18(29)15-22(21)30/h3-8,13-15H,2,9-12H2,1H3. The lowest BCUT2D eigenvalue weighted by Gasteiger charge is -2.17. The molecule has 1 aliphatic rings. The minimum absolute atomic E-state index is 0.0225. The largest absolute Gasteiger partial charge is 0.334 e. The van der Waals surface area contributed by atoms with E-state index in [9.17, 15) is 13.2 Å². The van der Waals surface area contributed by atoms with Gasteiger partial charge in [-0.2, -0.15) is 4.98 Å². The number of ketones is 1. The number of sulfone groups is 1. The van der Waals surface area contributed by atoms with Crippen LogP contribution in [0.3, 0.4) is 0 Å². The van der Waals surface area contributed by atoms with E-state index in [0.717, 1.165) is 18.4 Å². The second-order valence-electron chi connectivity index (χ2n) is 9.50. The number of hydrogen-bond donors (Lipinski definition) is 0. The maximum Gasteiger partial charge on any atom is 0.259 e. The predicted molar refractivity (Wildman–Crippen MR) is 153 cm³/mol. The molecular formula is C28H22Cl4N2O4S. The summed E-state index contributed by atoms with van der Waals surface area (Å²) in [4.78, 5) is 17.6. The molecule has 3 aromatic carbocycles. The molecule has 0 N–H and O–H groups in total. The van der Waals surface area contributed by atoms with Crippen LogP contribution >= 0.6 is 46.4 Å². The summed E-state index contributed by atoms with van der Waals surface area (Å²) in [7, 11) is -3.29. The fourth-order valence-corrected chi connectivity index (χ4v) is 6.85. The Morgan fingerprint density at radius 3 is 2.13 bits per heavy atom. The van der Waals surface area contributed by atoms with Gasteiger partial charge in [0, 0.05) is 33.5 Å². The minimum Gasteiger partial charge on any atom is -0.334 e. The van der Waals surface area contributed by atoms with Gasteiger partial charge in [0.05, 0.1) is 26.6 Å². The summed E-state index contributed by atoms with van der Waals surface area (Å²) in [6, 6.07) is 14.9. The van der Waals surface area contributed by atoms with Gasteiger partial charge in [0.2, 0.25) is 0 Å². The zero-order valence-electron chi connectivity index (χ0n) is 20.7. The van der Waals surface area contributed by atoms with Crippen molar-refractivity contribution in [2.75, 3.05) is 5.75 Å². The lowest BCUT2D eigenvalue weighted by atomic mass is 9.92. The van der Waals surface area contributed by atoms with Gasteiger partial charge in [-0.25, -0.2) is 8.42 Å². The maximum atomic E-state index is 12.8. The first kappa shape index (κ1) is 28.1. The van der Waals surface area contributed by atoms with Gasteiger partial charge in [-0.15, -0.1) is 0 Å². The van der Waals surface area contributed by atoms with Crippen molar-refractivity contribution in [3.05, 3.63) is 97.2 Å². The van der Waals surface area contributed by atoms with Crippen LogP contribution in [0.5, 0.6) is 0 Å². The highest BCUT2D eigenvalue weighted by Gasteiger charge is 2.52. The summed E-state index contributed by atoms with van der Waals surface area (Å²) in [6.07, 6.45) is 1.76. The first-order valence-corrected chi connectivity index (χ1v) is 15.3. The number of halogens is 4. The highest BCUT2D eigenvalue weighted by atomic mass is 35.5. The van der Waals surface area contributed by atoms with Gasteiger partial charge in [-0.1, -0.05) is 70.6 Å².